The number of carbonyl (C=O) groups excluding carboxylic acids is 2. The third kappa shape index (κ3) is 3.16. The molecule has 6 nitrogen and oxygen atoms in total. The molecule has 0 radical (unpaired) electrons. The summed E-state index contributed by atoms with van der Waals surface area (Å²) in [6, 6.07) is 4.82. The molecule has 2 aliphatic heterocycles. The summed E-state index contributed by atoms with van der Waals surface area (Å²) in [7, 11) is 3.66. The van der Waals surface area contributed by atoms with Crippen molar-refractivity contribution in [3.63, 3.8) is 0 Å². The topological polar surface area (TPSA) is 55.9 Å². The summed E-state index contributed by atoms with van der Waals surface area (Å²) < 4.78 is 14.3. The molecule has 2 aliphatic rings. The SMILES string of the molecule is CN(C)c1ccc(C(=O)N2CCC(N3CCNC3=O)CC2)c(F)c1. The lowest BCUT2D eigenvalue weighted by Gasteiger charge is -2.36. The van der Waals surface area contributed by atoms with Gasteiger partial charge < -0.3 is 20.0 Å². The standard InChI is InChI=1S/C17H23FN4O2/c1-20(2)13-3-4-14(15(18)11-13)16(23)21-8-5-12(6-9-21)22-10-7-19-17(22)24/h3-4,11-12H,5-10H2,1-2H3,(H,19,24). The molecule has 0 spiro atoms. The average Bonchev–Trinajstić information content (AvgIpc) is 3.00. The monoisotopic (exact) mass is 334 g/mol. The molecule has 2 heterocycles. The van der Waals surface area contributed by atoms with Gasteiger partial charge in [-0.1, -0.05) is 0 Å². The van der Waals surface area contributed by atoms with Crippen molar-refractivity contribution in [2.24, 2.45) is 0 Å². The number of carbonyl (C=O) groups is 2. The number of nitrogens with one attached hydrogen (secondary N) is 1. The van der Waals surface area contributed by atoms with E-state index in [9.17, 15) is 14.0 Å². The molecule has 0 atom stereocenters. The summed E-state index contributed by atoms with van der Waals surface area (Å²) in [5.74, 6) is -0.769. The van der Waals surface area contributed by atoms with Crippen LogP contribution >= 0.6 is 0 Å². The zero-order valence-electron chi connectivity index (χ0n) is 14.1. The highest BCUT2D eigenvalue weighted by Gasteiger charge is 2.32. The van der Waals surface area contributed by atoms with E-state index in [1.807, 2.05) is 19.0 Å². The van der Waals surface area contributed by atoms with Crippen molar-refractivity contribution < 1.29 is 14.0 Å². The number of nitrogens with zero attached hydrogens (tertiary/aromatic N) is 3. The first kappa shape index (κ1) is 16.5. The van der Waals surface area contributed by atoms with Crippen molar-refractivity contribution in [3.8, 4) is 0 Å². The molecule has 0 saturated carbocycles. The molecule has 24 heavy (non-hydrogen) atoms. The number of rotatable bonds is 3. The molecule has 0 aromatic heterocycles. The first-order valence-electron chi connectivity index (χ1n) is 8.28. The van der Waals surface area contributed by atoms with Crippen LogP contribution in [0.1, 0.15) is 23.2 Å². The van der Waals surface area contributed by atoms with Crippen LogP contribution in [0, 0.1) is 5.82 Å². The van der Waals surface area contributed by atoms with E-state index in [4.69, 9.17) is 0 Å². The van der Waals surface area contributed by atoms with Gasteiger partial charge in [-0.25, -0.2) is 9.18 Å². The van der Waals surface area contributed by atoms with Crippen molar-refractivity contribution in [1.82, 2.24) is 15.1 Å². The Morgan fingerprint density at radius 3 is 2.50 bits per heavy atom. The van der Waals surface area contributed by atoms with E-state index in [0.29, 0.717) is 19.6 Å². The Morgan fingerprint density at radius 2 is 1.96 bits per heavy atom. The van der Waals surface area contributed by atoms with Gasteiger partial charge in [0.05, 0.1) is 5.56 Å². The van der Waals surface area contributed by atoms with Gasteiger partial charge in [-0.3, -0.25) is 4.79 Å². The number of piperidine rings is 1. The van der Waals surface area contributed by atoms with Gasteiger partial charge in [0.15, 0.2) is 0 Å². The van der Waals surface area contributed by atoms with Gasteiger partial charge in [-0.2, -0.15) is 0 Å². The van der Waals surface area contributed by atoms with Gasteiger partial charge in [-0.15, -0.1) is 0 Å². The smallest absolute Gasteiger partial charge is 0.317 e. The number of benzene rings is 1. The molecule has 3 rings (SSSR count). The minimum Gasteiger partial charge on any atom is -0.378 e. The van der Waals surface area contributed by atoms with Gasteiger partial charge in [0.25, 0.3) is 5.91 Å². The van der Waals surface area contributed by atoms with Crippen molar-refractivity contribution in [1.29, 1.82) is 0 Å². The molecule has 1 aromatic rings. The van der Waals surface area contributed by atoms with E-state index < -0.39 is 5.82 Å². The molecule has 0 aliphatic carbocycles. The van der Waals surface area contributed by atoms with Gasteiger partial charge >= 0.3 is 6.03 Å². The molecule has 1 N–H and O–H groups in total. The maximum atomic E-state index is 14.3. The van der Waals surface area contributed by atoms with Crippen molar-refractivity contribution in [3.05, 3.63) is 29.6 Å². The first-order chi connectivity index (χ1) is 11.5. The van der Waals surface area contributed by atoms with Crippen LogP contribution in [0.4, 0.5) is 14.9 Å². The van der Waals surface area contributed by atoms with Crippen LogP contribution in [-0.2, 0) is 0 Å². The van der Waals surface area contributed by atoms with E-state index in [2.05, 4.69) is 5.32 Å². The number of urea groups is 1. The van der Waals surface area contributed by atoms with E-state index in [1.165, 1.54) is 6.07 Å². The zero-order chi connectivity index (χ0) is 17.3. The van der Waals surface area contributed by atoms with Gasteiger partial charge in [0.2, 0.25) is 0 Å². The highest BCUT2D eigenvalue weighted by Crippen LogP contribution is 2.22. The highest BCUT2D eigenvalue weighted by atomic mass is 19.1. The fourth-order valence-corrected chi connectivity index (χ4v) is 3.34. The summed E-state index contributed by atoms with van der Waals surface area (Å²) in [6.45, 7) is 2.49. The second-order valence-electron chi connectivity index (χ2n) is 6.51. The van der Waals surface area contributed by atoms with Crippen LogP contribution in [0.25, 0.3) is 0 Å². The molecule has 0 unspecified atom stereocenters. The van der Waals surface area contributed by atoms with E-state index in [-0.39, 0.29) is 23.5 Å². The Hall–Kier alpha value is -2.31. The van der Waals surface area contributed by atoms with E-state index in [0.717, 1.165) is 25.1 Å². The summed E-state index contributed by atoms with van der Waals surface area (Å²) >= 11 is 0. The minimum atomic E-state index is -0.493. The van der Waals surface area contributed by atoms with Crippen LogP contribution in [0.15, 0.2) is 18.2 Å². The van der Waals surface area contributed by atoms with E-state index >= 15 is 0 Å². The molecular formula is C17H23FN4O2. The fraction of sp³-hybridized carbons (Fsp3) is 0.529. The maximum Gasteiger partial charge on any atom is 0.317 e. The summed E-state index contributed by atoms with van der Waals surface area (Å²) in [4.78, 5) is 29.6. The molecular weight excluding hydrogens is 311 g/mol. The van der Waals surface area contributed by atoms with Crippen molar-refractivity contribution in [2.45, 2.75) is 18.9 Å². The first-order valence-corrected chi connectivity index (χ1v) is 8.28. The number of amides is 3. The lowest BCUT2D eigenvalue weighted by molar-refractivity contribution is 0.0661. The molecule has 130 valence electrons. The Bertz CT molecular complexity index is 641. The Kier molecular flexibility index (Phi) is 4.59. The van der Waals surface area contributed by atoms with Gasteiger partial charge in [0.1, 0.15) is 5.82 Å². The third-order valence-electron chi connectivity index (χ3n) is 4.78. The molecule has 1 aromatic carbocycles. The summed E-state index contributed by atoms with van der Waals surface area (Å²) in [5, 5.41) is 2.80. The maximum absolute atomic E-state index is 14.3. The Labute approximate surface area is 141 Å². The van der Waals surface area contributed by atoms with Crippen molar-refractivity contribution >= 4 is 17.6 Å². The summed E-state index contributed by atoms with van der Waals surface area (Å²) in [5.41, 5.74) is 0.834. The number of hydrogen-bond acceptors (Lipinski definition) is 3. The Balaban J connectivity index is 1.64. The van der Waals surface area contributed by atoms with Crippen LogP contribution < -0.4 is 10.2 Å². The van der Waals surface area contributed by atoms with Crippen LogP contribution in [0.3, 0.4) is 0 Å². The largest absolute Gasteiger partial charge is 0.378 e. The van der Waals surface area contributed by atoms with Crippen LogP contribution in [0.2, 0.25) is 0 Å². The van der Waals surface area contributed by atoms with Gasteiger partial charge in [0, 0.05) is 52.0 Å². The lowest BCUT2D eigenvalue weighted by atomic mass is 10.0. The Morgan fingerprint density at radius 1 is 1.25 bits per heavy atom. The second-order valence-corrected chi connectivity index (χ2v) is 6.51. The number of likely N-dealkylation sites (tertiary alicyclic amines) is 1. The fourth-order valence-electron chi connectivity index (χ4n) is 3.34. The molecule has 2 saturated heterocycles. The molecule has 0 bridgehead atoms. The normalized spacial score (nSPS) is 18.7. The quantitative estimate of drug-likeness (QED) is 0.912. The predicted molar refractivity (Wildman–Crippen MR) is 89.8 cm³/mol. The molecule has 3 amide bonds. The molecule has 7 heteroatoms. The van der Waals surface area contributed by atoms with Crippen LogP contribution in [0.5, 0.6) is 0 Å². The zero-order valence-corrected chi connectivity index (χ0v) is 14.1. The van der Waals surface area contributed by atoms with E-state index in [1.54, 1.807) is 21.9 Å². The average molecular weight is 334 g/mol. The second kappa shape index (κ2) is 6.67. The van der Waals surface area contributed by atoms with Crippen molar-refractivity contribution in [2.75, 3.05) is 45.2 Å². The lowest BCUT2D eigenvalue weighted by Crippen LogP contribution is -2.47. The van der Waals surface area contributed by atoms with Crippen LogP contribution in [-0.4, -0.2) is 68.1 Å². The number of hydrogen-bond donors (Lipinski definition) is 1. The van der Waals surface area contributed by atoms with Gasteiger partial charge in [-0.05, 0) is 31.0 Å². The minimum absolute atomic E-state index is 0.0231. The summed E-state index contributed by atoms with van der Waals surface area (Å²) in [6.07, 6.45) is 1.47. The highest BCUT2D eigenvalue weighted by molar-refractivity contribution is 5.95. The molecule has 2 fully saturated rings. The predicted octanol–water partition coefficient (Wildman–Crippen LogP) is 1.52. The number of anilines is 1. The number of halogens is 1. The third-order valence-corrected chi connectivity index (χ3v) is 4.78.